The number of rotatable bonds is 5. The molecule has 166 valence electrons. The predicted octanol–water partition coefficient (Wildman–Crippen LogP) is 4.13. The van der Waals surface area contributed by atoms with Crippen LogP contribution in [0.1, 0.15) is 54.7 Å². The maximum Gasteiger partial charge on any atom is 0.257 e. The van der Waals surface area contributed by atoms with Crippen LogP contribution in [0.15, 0.2) is 24.4 Å². The molecular weight excluding hydrogens is 435 g/mol. The number of hydrogen-bond donors (Lipinski definition) is 1. The first-order valence-corrected chi connectivity index (χ1v) is 11.6. The van der Waals surface area contributed by atoms with E-state index in [2.05, 4.69) is 17.3 Å². The number of carbonyl (C=O) groups excluding carboxylic acids is 2. The molecule has 0 saturated carbocycles. The van der Waals surface area contributed by atoms with Gasteiger partial charge in [0.25, 0.3) is 5.91 Å². The summed E-state index contributed by atoms with van der Waals surface area (Å²) in [5, 5.41) is 8.46. The molecule has 1 N–H and O–H groups in total. The van der Waals surface area contributed by atoms with Crippen molar-refractivity contribution in [1.82, 2.24) is 20.0 Å². The van der Waals surface area contributed by atoms with Gasteiger partial charge in [0, 0.05) is 32.1 Å². The molecule has 2 amide bonds. The predicted molar refractivity (Wildman–Crippen MR) is 122 cm³/mol. The summed E-state index contributed by atoms with van der Waals surface area (Å²) < 4.78 is 1.95. The number of benzene rings is 1. The van der Waals surface area contributed by atoms with E-state index in [0.29, 0.717) is 28.1 Å². The number of nitrogens with one attached hydrogen (secondary N) is 1. The lowest BCUT2D eigenvalue weighted by atomic mass is 9.89. The SMILES string of the molecule is CC(=O)NCC1CCn2ncc(C(=O)N3CCCC3(C)Cc3ccc(Cl)c(Cl)c3)c2C1. The van der Waals surface area contributed by atoms with Gasteiger partial charge < -0.3 is 10.2 Å². The molecule has 2 aliphatic rings. The fourth-order valence-corrected chi connectivity index (χ4v) is 5.25. The topological polar surface area (TPSA) is 67.2 Å². The van der Waals surface area contributed by atoms with Crippen LogP contribution in [0.5, 0.6) is 0 Å². The molecule has 3 heterocycles. The van der Waals surface area contributed by atoms with Gasteiger partial charge in [-0.25, -0.2) is 0 Å². The van der Waals surface area contributed by atoms with E-state index in [1.807, 2.05) is 27.8 Å². The largest absolute Gasteiger partial charge is 0.356 e. The number of halogens is 2. The van der Waals surface area contributed by atoms with Crippen molar-refractivity contribution in [3.63, 3.8) is 0 Å². The van der Waals surface area contributed by atoms with Crippen molar-refractivity contribution in [1.29, 1.82) is 0 Å². The maximum absolute atomic E-state index is 13.6. The zero-order valence-corrected chi connectivity index (χ0v) is 19.5. The third-order valence-electron chi connectivity index (χ3n) is 6.61. The number of nitrogens with zero attached hydrogens (tertiary/aromatic N) is 3. The van der Waals surface area contributed by atoms with E-state index < -0.39 is 0 Å². The van der Waals surface area contributed by atoms with Gasteiger partial charge in [0.1, 0.15) is 0 Å². The fraction of sp³-hybridized carbons (Fsp3) is 0.522. The minimum atomic E-state index is -0.284. The third kappa shape index (κ3) is 4.60. The van der Waals surface area contributed by atoms with Crippen LogP contribution >= 0.6 is 23.2 Å². The first-order chi connectivity index (χ1) is 14.8. The smallest absolute Gasteiger partial charge is 0.257 e. The lowest BCUT2D eigenvalue weighted by Crippen LogP contribution is -2.47. The average molecular weight is 463 g/mol. The van der Waals surface area contributed by atoms with Gasteiger partial charge in [0.05, 0.1) is 27.5 Å². The molecule has 0 radical (unpaired) electrons. The molecule has 1 saturated heterocycles. The van der Waals surface area contributed by atoms with Crippen LogP contribution in [0.2, 0.25) is 10.0 Å². The number of aryl methyl sites for hydroxylation is 1. The first-order valence-electron chi connectivity index (χ1n) is 10.8. The standard InChI is InChI=1S/C23H28Cl2N4O2/c1-15(30)26-13-17-6-9-29-21(11-17)18(14-27-29)22(31)28-8-3-7-23(28,2)12-16-4-5-19(24)20(25)10-16/h4-5,10,14,17H,3,6-9,11-13H2,1-2H3,(H,26,30). The summed E-state index contributed by atoms with van der Waals surface area (Å²) in [6, 6.07) is 5.69. The van der Waals surface area contributed by atoms with E-state index in [1.165, 1.54) is 6.92 Å². The van der Waals surface area contributed by atoms with E-state index in [0.717, 1.165) is 56.5 Å². The van der Waals surface area contributed by atoms with Crippen LogP contribution in [0.3, 0.4) is 0 Å². The van der Waals surface area contributed by atoms with Crippen LogP contribution in [-0.2, 0) is 24.2 Å². The number of hydrogen-bond acceptors (Lipinski definition) is 3. The fourth-order valence-electron chi connectivity index (χ4n) is 4.93. The monoisotopic (exact) mass is 462 g/mol. The van der Waals surface area contributed by atoms with Crippen LogP contribution in [-0.4, -0.2) is 45.1 Å². The minimum Gasteiger partial charge on any atom is -0.356 e. The Hall–Kier alpha value is -2.05. The molecule has 0 aliphatic carbocycles. The van der Waals surface area contributed by atoms with Crippen molar-refractivity contribution < 1.29 is 9.59 Å². The van der Waals surface area contributed by atoms with Gasteiger partial charge in [0.2, 0.25) is 5.91 Å². The van der Waals surface area contributed by atoms with Crippen molar-refractivity contribution >= 4 is 35.0 Å². The van der Waals surface area contributed by atoms with Gasteiger partial charge in [-0.05, 0) is 62.6 Å². The molecule has 2 aliphatic heterocycles. The second-order valence-electron chi connectivity index (χ2n) is 9.01. The molecule has 4 rings (SSSR count). The Morgan fingerprint density at radius 1 is 1.26 bits per heavy atom. The molecule has 0 spiro atoms. The van der Waals surface area contributed by atoms with E-state index in [1.54, 1.807) is 6.20 Å². The van der Waals surface area contributed by atoms with Gasteiger partial charge in [-0.1, -0.05) is 29.3 Å². The normalized spacial score (nSPS) is 23.0. The number of amides is 2. The Kier molecular flexibility index (Phi) is 6.31. The summed E-state index contributed by atoms with van der Waals surface area (Å²) in [4.78, 5) is 26.9. The Labute approximate surface area is 192 Å². The van der Waals surface area contributed by atoms with E-state index in [9.17, 15) is 9.59 Å². The zero-order valence-electron chi connectivity index (χ0n) is 18.0. The number of carbonyl (C=O) groups is 2. The molecule has 2 aromatic rings. The lowest BCUT2D eigenvalue weighted by molar-refractivity contribution is -0.119. The van der Waals surface area contributed by atoms with E-state index in [-0.39, 0.29) is 17.4 Å². The van der Waals surface area contributed by atoms with Crippen LogP contribution in [0, 0.1) is 5.92 Å². The van der Waals surface area contributed by atoms with Crippen LogP contribution < -0.4 is 5.32 Å². The summed E-state index contributed by atoms with van der Waals surface area (Å²) in [5.41, 5.74) is 2.46. The summed E-state index contributed by atoms with van der Waals surface area (Å²) in [7, 11) is 0. The van der Waals surface area contributed by atoms with E-state index in [4.69, 9.17) is 23.2 Å². The molecule has 31 heavy (non-hydrogen) atoms. The van der Waals surface area contributed by atoms with Crippen LogP contribution in [0.4, 0.5) is 0 Å². The number of likely N-dealkylation sites (tertiary alicyclic amines) is 1. The highest BCUT2D eigenvalue weighted by atomic mass is 35.5. The first kappa shape index (κ1) is 22.2. The highest BCUT2D eigenvalue weighted by Gasteiger charge is 2.41. The molecule has 1 aromatic heterocycles. The third-order valence-corrected chi connectivity index (χ3v) is 7.35. The van der Waals surface area contributed by atoms with Crippen LogP contribution in [0.25, 0.3) is 0 Å². The highest BCUT2D eigenvalue weighted by molar-refractivity contribution is 6.42. The maximum atomic E-state index is 13.6. The van der Waals surface area contributed by atoms with Gasteiger partial charge >= 0.3 is 0 Å². The molecular formula is C23H28Cl2N4O2. The summed E-state index contributed by atoms with van der Waals surface area (Å²) in [6.45, 7) is 5.82. The van der Waals surface area contributed by atoms with Crippen molar-refractivity contribution in [3.8, 4) is 0 Å². The lowest BCUT2D eigenvalue weighted by Gasteiger charge is -2.36. The van der Waals surface area contributed by atoms with Gasteiger partial charge in [0.15, 0.2) is 0 Å². The summed E-state index contributed by atoms with van der Waals surface area (Å²) >= 11 is 12.3. The summed E-state index contributed by atoms with van der Waals surface area (Å²) in [6.07, 6.45) is 6.05. The van der Waals surface area contributed by atoms with Gasteiger partial charge in [-0.15, -0.1) is 0 Å². The molecule has 6 nitrogen and oxygen atoms in total. The van der Waals surface area contributed by atoms with Crippen molar-refractivity contribution in [3.05, 3.63) is 51.3 Å². The zero-order chi connectivity index (χ0) is 22.2. The molecule has 1 aromatic carbocycles. The molecule has 8 heteroatoms. The minimum absolute atomic E-state index is 0.0227. The Morgan fingerprint density at radius 2 is 2.06 bits per heavy atom. The Balaban J connectivity index is 1.53. The Morgan fingerprint density at radius 3 is 2.81 bits per heavy atom. The van der Waals surface area contributed by atoms with E-state index >= 15 is 0 Å². The van der Waals surface area contributed by atoms with Crippen molar-refractivity contribution in [2.75, 3.05) is 13.1 Å². The quantitative estimate of drug-likeness (QED) is 0.726. The number of aromatic nitrogens is 2. The van der Waals surface area contributed by atoms with Gasteiger partial charge in [-0.3, -0.25) is 14.3 Å². The van der Waals surface area contributed by atoms with Gasteiger partial charge in [-0.2, -0.15) is 5.10 Å². The highest BCUT2D eigenvalue weighted by Crippen LogP contribution is 2.36. The molecule has 2 atom stereocenters. The molecule has 0 bridgehead atoms. The number of fused-ring (bicyclic) bond motifs is 1. The average Bonchev–Trinajstić information content (AvgIpc) is 3.32. The van der Waals surface area contributed by atoms with Crippen molar-refractivity contribution in [2.24, 2.45) is 5.92 Å². The Bertz CT molecular complexity index is 1010. The summed E-state index contributed by atoms with van der Waals surface area (Å²) in [5.74, 6) is 0.341. The van der Waals surface area contributed by atoms with Crippen molar-refractivity contribution in [2.45, 2.75) is 58.0 Å². The molecule has 2 unspecified atom stereocenters. The second-order valence-corrected chi connectivity index (χ2v) is 9.82. The molecule has 1 fully saturated rings. The second kappa shape index (κ2) is 8.83.